The molecule has 0 aromatic rings. The molecule has 3 saturated carbocycles. The molecule has 8 atom stereocenters. The number of nitrogens with zero attached hydrogens (tertiary/aromatic N) is 1. The van der Waals surface area contributed by atoms with Crippen LogP contribution in [0.2, 0.25) is 5.21 Å². The molecule has 0 heterocycles. The summed E-state index contributed by atoms with van der Waals surface area (Å²) >= 11 is 0. The fraction of sp³-hybridized carbons (Fsp3) is 0.923. The molecule has 0 aromatic heterocycles. The Bertz CT molecular complexity index is 797. The van der Waals surface area contributed by atoms with Crippen LogP contribution in [0.4, 0.5) is 13.2 Å². The van der Waals surface area contributed by atoms with Gasteiger partial charge in [-0.25, -0.2) is 4.90 Å². The van der Waals surface area contributed by atoms with Crippen molar-refractivity contribution in [1.29, 1.82) is 0 Å². The second-order valence-corrected chi connectivity index (χ2v) is 12.9. The number of hydrogen-bond acceptors (Lipinski definition) is 2. The first-order valence-corrected chi connectivity index (χ1v) is 12.8. The van der Waals surface area contributed by atoms with E-state index in [-0.39, 0.29) is 35.1 Å². The highest BCUT2D eigenvalue weighted by Crippen LogP contribution is 2.72. The van der Waals surface area contributed by atoms with E-state index in [0.29, 0.717) is 29.6 Å². The second kappa shape index (κ2) is 8.05. The first-order valence-electron chi connectivity index (χ1n) is 12.8. The largest absolute Gasteiger partial charge is 0.459 e. The lowest BCUT2D eigenvalue weighted by Crippen LogP contribution is -2.53. The highest BCUT2D eigenvalue weighted by molar-refractivity contribution is 6.40. The molecule has 182 valence electrons. The summed E-state index contributed by atoms with van der Waals surface area (Å²) in [4.78, 5) is 0.486. The van der Waals surface area contributed by atoms with Gasteiger partial charge in [0.1, 0.15) is 0 Å². The van der Waals surface area contributed by atoms with Crippen LogP contribution >= 0.6 is 0 Å². The predicted octanol–water partition coefficient (Wildman–Crippen LogP) is 5.86. The summed E-state index contributed by atoms with van der Waals surface area (Å²) in [5.41, 5.74) is 0.815. The zero-order valence-corrected chi connectivity index (χ0v) is 21.0. The number of hydrogen-bond donors (Lipinski definition) is 1. The Balaban J connectivity index is 1.57. The van der Waals surface area contributed by atoms with Gasteiger partial charge < -0.3 is 5.11 Å². The van der Waals surface area contributed by atoms with Crippen LogP contribution in [0.1, 0.15) is 79.1 Å². The Morgan fingerprint density at radius 1 is 1.18 bits per heavy atom. The van der Waals surface area contributed by atoms with Crippen LogP contribution in [0, 0.1) is 40.4 Å². The molecule has 0 aromatic carbocycles. The van der Waals surface area contributed by atoms with Crippen LogP contribution in [-0.4, -0.2) is 51.2 Å². The first-order chi connectivity index (χ1) is 15.0. The molecule has 1 N–H and O–H groups in total. The summed E-state index contributed by atoms with van der Waals surface area (Å²) in [6, 6.07) is 0. The molecular weight excluding hydrogens is 421 g/mol. The minimum absolute atomic E-state index is 0.000205. The van der Waals surface area contributed by atoms with Crippen molar-refractivity contribution in [2.75, 3.05) is 13.6 Å². The summed E-state index contributed by atoms with van der Waals surface area (Å²) in [5, 5.41) is 9.88. The Morgan fingerprint density at radius 3 is 2.48 bits per heavy atom. The third-order valence-corrected chi connectivity index (χ3v) is 10.6. The standard InChI is InChI=1S/C26H40B2F3NO/c1-16(9-13-32(5)26(29,30)31)20-15-25(27,28)21-18-7-6-17-14-22(2,33)11-12-23(17,3)19(18)8-10-24(20,21)4/h6,16,18-21,33H,7-15H2,1-5H3/t16-,18?,19?,20?,21?,22+,23?,24?/m1/s1. The highest BCUT2D eigenvalue weighted by atomic mass is 19.4. The van der Waals surface area contributed by atoms with Crippen molar-refractivity contribution in [1.82, 2.24) is 4.90 Å². The van der Waals surface area contributed by atoms with Gasteiger partial charge in [-0.05, 0) is 99.3 Å². The number of fused-ring (bicyclic) bond motifs is 5. The lowest BCUT2D eigenvalue weighted by molar-refractivity contribution is -0.237. The van der Waals surface area contributed by atoms with Gasteiger partial charge in [0.05, 0.1) is 21.3 Å². The van der Waals surface area contributed by atoms with Crippen LogP contribution in [0.3, 0.4) is 0 Å². The van der Waals surface area contributed by atoms with Crippen LogP contribution in [0.15, 0.2) is 11.6 Å². The molecule has 3 fully saturated rings. The molecule has 0 saturated heterocycles. The van der Waals surface area contributed by atoms with Crippen molar-refractivity contribution in [3.05, 3.63) is 11.6 Å². The molecule has 0 spiro atoms. The minimum Gasteiger partial charge on any atom is -0.390 e. The Kier molecular flexibility index (Phi) is 6.26. The van der Waals surface area contributed by atoms with Crippen LogP contribution in [-0.2, 0) is 0 Å². The third-order valence-electron chi connectivity index (χ3n) is 10.6. The van der Waals surface area contributed by atoms with Gasteiger partial charge in [-0.2, -0.15) is 13.2 Å². The van der Waals surface area contributed by atoms with E-state index in [0.717, 1.165) is 45.6 Å². The van der Waals surface area contributed by atoms with Crippen molar-refractivity contribution < 1.29 is 18.3 Å². The van der Waals surface area contributed by atoms with Gasteiger partial charge in [-0.1, -0.05) is 44.1 Å². The van der Waals surface area contributed by atoms with Gasteiger partial charge in [-0.15, -0.1) is 0 Å². The van der Waals surface area contributed by atoms with E-state index < -0.39 is 17.1 Å². The van der Waals surface area contributed by atoms with Gasteiger partial charge >= 0.3 is 6.30 Å². The van der Waals surface area contributed by atoms with Crippen molar-refractivity contribution >= 4 is 15.7 Å². The Labute approximate surface area is 201 Å². The van der Waals surface area contributed by atoms with Gasteiger partial charge in [0.15, 0.2) is 0 Å². The number of alkyl halides is 3. The van der Waals surface area contributed by atoms with E-state index in [4.69, 9.17) is 15.7 Å². The van der Waals surface area contributed by atoms with Crippen LogP contribution < -0.4 is 0 Å². The third kappa shape index (κ3) is 4.26. The van der Waals surface area contributed by atoms with E-state index in [1.807, 2.05) is 6.92 Å². The van der Waals surface area contributed by atoms with Gasteiger partial charge in [0.2, 0.25) is 0 Å². The molecule has 4 radical (unpaired) electrons. The molecule has 0 bridgehead atoms. The number of rotatable bonds is 4. The van der Waals surface area contributed by atoms with Crippen molar-refractivity contribution in [3.63, 3.8) is 0 Å². The van der Waals surface area contributed by atoms with Crippen LogP contribution in [0.5, 0.6) is 0 Å². The second-order valence-electron chi connectivity index (χ2n) is 12.9. The molecule has 2 nitrogen and oxygen atoms in total. The van der Waals surface area contributed by atoms with Crippen molar-refractivity contribution in [2.24, 2.45) is 40.4 Å². The quantitative estimate of drug-likeness (QED) is 0.322. The number of halogens is 3. The minimum atomic E-state index is -4.29. The molecule has 0 amide bonds. The van der Waals surface area contributed by atoms with Crippen LogP contribution in [0.25, 0.3) is 0 Å². The highest BCUT2D eigenvalue weighted by Gasteiger charge is 2.64. The van der Waals surface area contributed by atoms with E-state index in [1.165, 1.54) is 5.57 Å². The van der Waals surface area contributed by atoms with Gasteiger partial charge in [-0.3, -0.25) is 0 Å². The lowest BCUT2D eigenvalue weighted by atomic mass is 9.38. The average Bonchev–Trinajstić information content (AvgIpc) is 2.91. The Morgan fingerprint density at radius 2 is 1.85 bits per heavy atom. The summed E-state index contributed by atoms with van der Waals surface area (Å²) in [5.74, 6) is 1.41. The smallest absolute Gasteiger partial charge is 0.390 e. The molecule has 4 aliphatic rings. The molecule has 33 heavy (non-hydrogen) atoms. The average molecular weight is 461 g/mol. The van der Waals surface area contributed by atoms with E-state index in [2.05, 4.69) is 26.8 Å². The SMILES string of the molecule is [B]C1([B])CC([C@H](C)CCN(C)C(F)(F)F)C2(C)CCC3C(CC=C4C[C@@](C)(O)CCC43C)C12. The monoisotopic (exact) mass is 461 g/mol. The van der Waals surface area contributed by atoms with Crippen molar-refractivity contribution in [2.45, 2.75) is 96.2 Å². The van der Waals surface area contributed by atoms with Gasteiger partial charge in [0, 0.05) is 6.54 Å². The van der Waals surface area contributed by atoms with E-state index in [1.54, 1.807) is 0 Å². The topological polar surface area (TPSA) is 23.5 Å². The van der Waals surface area contributed by atoms with E-state index >= 15 is 0 Å². The maximum atomic E-state index is 13.0. The number of aliphatic hydroxyl groups is 1. The molecular formula is C26H40B2F3NO. The molecule has 6 unspecified atom stereocenters. The molecule has 7 heteroatoms. The van der Waals surface area contributed by atoms with Crippen molar-refractivity contribution in [3.8, 4) is 0 Å². The predicted molar refractivity (Wildman–Crippen MR) is 128 cm³/mol. The zero-order valence-electron chi connectivity index (χ0n) is 21.0. The molecule has 4 rings (SSSR count). The lowest BCUT2D eigenvalue weighted by Gasteiger charge is -2.61. The fourth-order valence-electron chi connectivity index (χ4n) is 8.79. The summed E-state index contributed by atoms with van der Waals surface area (Å²) in [6.45, 7) is 8.73. The summed E-state index contributed by atoms with van der Waals surface area (Å²) < 4.78 is 39.0. The molecule has 4 aliphatic carbocycles. The maximum Gasteiger partial charge on any atom is 0.459 e. The maximum absolute atomic E-state index is 13.0. The summed E-state index contributed by atoms with van der Waals surface area (Å²) in [6.07, 6.45) is 4.87. The molecule has 0 aliphatic heterocycles. The normalized spacial score (nSPS) is 45.7. The summed E-state index contributed by atoms with van der Waals surface area (Å²) in [7, 11) is 14.8. The van der Waals surface area contributed by atoms with Gasteiger partial charge in [0.25, 0.3) is 0 Å². The zero-order chi connectivity index (χ0) is 24.6. The Hall–Kier alpha value is -0.420. The number of allylic oxidation sites excluding steroid dienone is 1. The first kappa shape index (κ1) is 25.7. The van der Waals surface area contributed by atoms with E-state index in [9.17, 15) is 18.3 Å². The fourth-order valence-corrected chi connectivity index (χ4v) is 8.79.